The standard InChI is InChI=1S/C29H33BrO5Si/c1-5-17-28-25(31)24(30)23(29(26(28)35-28)32-18-12-19-33-29)20-34-36(27(2,3)4,21-13-8-6-9-14-21)22-15-10-7-11-16-22/h5-11,13-16,26H,1,12,17-20H2,2-4H3. The van der Waals surface area contributed by atoms with Crippen molar-refractivity contribution in [1.29, 1.82) is 0 Å². The van der Waals surface area contributed by atoms with Gasteiger partial charge in [-0.1, -0.05) is 87.5 Å². The number of ketones is 1. The summed E-state index contributed by atoms with van der Waals surface area (Å²) in [5.74, 6) is -1.25. The zero-order valence-corrected chi connectivity index (χ0v) is 23.7. The van der Waals surface area contributed by atoms with Crippen molar-refractivity contribution in [3.8, 4) is 0 Å². The third-order valence-corrected chi connectivity index (χ3v) is 13.3. The van der Waals surface area contributed by atoms with E-state index in [0.717, 1.165) is 6.42 Å². The van der Waals surface area contributed by atoms with Crippen LogP contribution in [0.4, 0.5) is 0 Å². The van der Waals surface area contributed by atoms with E-state index in [1.807, 2.05) is 12.1 Å². The van der Waals surface area contributed by atoms with Crippen LogP contribution in [0.1, 0.15) is 33.6 Å². The normalized spacial score (nSPS) is 25.6. The maximum atomic E-state index is 13.5. The van der Waals surface area contributed by atoms with Crippen molar-refractivity contribution < 1.29 is 23.4 Å². The molecule has 2 fully saturated rings. The average Bonchev–Trinajstić information content (AvgIpc) is 3.63. The van der Waals surface area contributed by atoms with Crippen LogP contribution < -0.4 is 10.4 Å². The zero-order chi connectivity index (χ0) is 25.6. The van der Waals surface area contributed by atoms with Crippen LogP contribution in [0.2, 0.25) is 5.04 Å². The SMILES string of the molecule is C=CCC12OC1C1(OCCCO1)C(CO[Si](c1ccccc1)(c1ccccc1)C(C)(C)C)=C(Br)C2=O. The van der Waals surface area contributed by atoms with E-state index in [-0.39, 0.29) is 17.4 Å². The minimum Gasteiger partial charge on any atom is -0.403 e. The molecule has 1 aliphatic carbocycles. The number of benzene rings is 2. The Bertz CT molecular complexity index is 1130. The number of hydrogen-bond acceptors (Lipinski definition) is 5. The molecule has 5 nitrogen and oxygen atoms in total. The van der Waals surface area contributed by atoms with E-state index in [9.17, 15) is 4.79 Å². The Labute approximate surface area is 222 Å². The molecule has 0 N–H and O–H groups in total. The van der Waals surface area contributed by atoms with Gasteiger partial charge < -0.3 is 18.6 Å². The van der Waals surface area contributed by atoms with Gasteiger partial charge in [0.15, 0.2) is 11.7 Å². The Morgan fingerprint density at radius 2 is 1.61 bits per heavy atom. The molecule has 2 heterocycles. The van der Waals surface area contributed by atoms with Crippen molar-refractivity contribution in [2.45, 2.75) is 56.1 Å². The Morgan fingerprint density at radius 3 is 2.11 bits per heavy atom. The van der Waals surface area contributed by atoms with Gasteiger partial charge in [-0.25, -0.2) is 0 Å². The van der Waals surface area contributed by atoms with Crippen LogP contribution in [-0.4, -0.2) is 51.4 Å². The van der Waals surface area contributed by atoms with E-state index in [1.165, 1.54) is 10.4 Å². The monoisotopic (exact) mass is 568 g/mol. The first kappa shape index (κ1) is 25.8. The Hall–Kier alpha value is -1.87. The van der Waals surface area contributed by atoms with Gasteiger partial charge in [-0.05, 0) is 37.8 Å². The third-order valence-electron chi connectivity index (χ3n) is 7.53. The largest absolute Gasteiger partial charge is 0.403 e. The predicted octanol–water partition coefficient (Wildman–Crippen LogP) is 4.64. The van der Waals surface area contributed by atoms with Gasteiger partial charge in [0.05, 0.1) is 24.3 Å². The van der Waals surface area contributed by atoms with Gasteiger partial charge in [0, 0.05) is 12.0 Å². The first-order chi connectivity index (χ1) is 17.2. The number of halogens is 1. The summed E-state index contributed by atoms with van der Waals surface area (Å²) in [7, 11) is -2.84. The van der Waals surface area contributed by atoms with E-state index >= 15 is 0 Å². The molecule has 0 saturated carbocycles. The Kier molecular flexibility index (Phi) is 6.77. The molecule has 2 unspecified atom stereocenters. The minimum absolute atomic E-state index is 0.100. The molecular weight excluding hydrogens is 536 g/mol. The topological polar surface area (TPSA) is 57.3 Å². The van der Waals surface area contributed by atoms with E-state index in [0.29, 0.717) is 29.7 Å². The second kappa shape index (κ2) is 9.46. The summed E-state index contributed by atoms with van der Waals surface area (Å²) in [6.07, 6.45) is 2.40. The summed E-state index contributed by atoms with van der Waals surface area (Å²) in [4.78, 5) is 13.5. The molecule has 0 bridgehead atoms. The number of Topliss-reactive ketones (excluding diaryl/α,β-unsaturated/α-hetero) is 1. The molecule has 1 spiro atoms. The number of ether oxygens (including phenoxy) is 3. The molecule has 2 aliphatic heterocycles. The van der Waals surface area contributed by atoms with Gasteiger partial charge in [-0.3, -0.25) is 4.79 Å². The van der Waals surface area contributed by atoms with Gasteiger partial charge in [-0.15, -0.1) is 6.58 Å². The zero-order valence-electron chi connectivity index (χ0n) is 21.1. The molecule has 2 atom stereocenters. The lowest BCUT2D eigenvalue weighted by atomic mass is 9.81. The van der Waals surface area contributed by atoms with E-state index in [4.69, 9.17) is 18.6 Å². The summed E-state index contributed by atoms with van der Waals surface area (Å²) in [5.41, 5.74) is -0.318. The molecule has 2 aromatic rings. The molecule has 0 radical (unpaired) electrons. The molecular formula is C29H33BrO5Si. The quantitative estimate of drug-likeness (QED) is 0.276. The van der Waals surface area contributed by atoms with Crippen molar-refractivity contribution in [2.24, 2.45) is 0 Å². The lowest BCUT2D eigenvalue weighted by molar-refractivity contribution is -0.255. The van der Waals surface area contributed by atoms with Crippen LogP contribution in [0.15, 0.2) is 83.4 Å². The van der Waals surface area contributed by atoms with Crippen molar-refractivity contribution in [1.82, 2.24) is 0 Å². The van der Waals surface area contributed by atoms with E-state index in [2.05, 4.69) is 91.8 Å². The third kappa shape index (κ3) is 3.83. The number of hydrogen-bond donors (Lipinski definition) is 0. The molecule has 7 heteroatoms. The average molecular weight is 570 g/mol. The lowest BCUT2D eigenvalue weighted by Gasteiger charge is -2.46. The van der Waals surface area contributed by atoms with Crippen molar-refractivity contribution in [2.75, 3.05) is 19.8 Å². The van der Waals surface area contributed by atoms with E-state index in [1.54, 1.807) is 6.08 Å². The molecule has 2 saturated heterocycles. The van der Waals surface area contributed by atoms with Gasteiger partial charge in [-0.2, -0.15) is 0 Å². The van der Waals surface area contributed by atoms with Crippen LogP contribution in [0, 0.1) is 0 Å². The number of carbonyl (C=O) groups is 1. The summed E-state index contributed by atoms with van der Waals surface area (Å²) in [6, 6.07) is 20.9. The summed E-state index contributed by atoms with van der Waals surface area (Å²) >= 11 is 3.62. The Balaban J connectivity index is 1.62. The predicted molar refractivity (Wildman–Crippen MR) is 146 cm³/mol. The Morgan fingerprint density at radius 1 is 1.06 bits per heavy atom. The fraction of sp³-hybridized carbons (Fsp3) is 0.414. The minimum atomic E-state index is -2.84. The molecule has 0 amide bonds. The second-order valence-corrected chi connectivity index (χ2v) is 15.8. The number of carbonyl (C=O) groups excluding carboxylic acids is 1. The van der Waals surface area contributed by atoms with Gasteiger partial charge in [0.1, 0.15) is 0 Å². The molecule has 3 aliphatic rings. The first-order valence-corrected chi connectivity index (χ1v) is 15.2. The number of fused-ring (bicyclic) bond motifs is 2. The fourth-order valence-electron chi connectivity index (χ4n) is 5.81. The molecule has 5 rings (SSSR count). The van der Waals surface area contributed by atoms with Crippen molar-refractivity contribution in [3.05, 3.63) is 83.4 Å². The van der Waals surface area contributed by atoms with E-state index < -0.39 is 25.8 Å². The first-order valence-electron chi connectivity index (χ1n) is 12.5. The van der Waals surface area contributed by atoms with Crippen molar-refractivity contribution >= 4 is 40.4 Å². The molecule has 0 aromatic heterocycles. The maximum absolute atomic E-state index is 13.5. The summed E-state index contributed by atoms with van der Waals surface area (Å²) in [5, 5.41) is 2.14. The lowest BCUT2D eigenvalue weighted by Crippen LogP contribution is -2.67. The van der Waals surface area contributed by atoms with Gasteiger partial charge in [0.25, 0.3) is 8.32 Å². The van der Waals surface area contributed by atoms with Crippen LogP contribution in [-0.2, 0) is 23.4 Å². The fourth-order valence-corrected chi connectivity index (χ4v) is 11.1. The molecule has 190 valence electrons. The van der Waals surface area contributed by atoms with Crippen LogP contribution >= 0.6 is 15.9 Å². The smallest absolute Gasteiger partial charge is 0.261 e. The molecule has 2 aromatic carbocycles. The highest BCUT2D eigenvalue weighted by Gasteiger charge is 2.76. The summed E-state index contributed by atoms with van der Waals surface area (Å²) in [6.45, 7) is 11.8. The van der Waals surface area contributed by atoms with Gasteiger partial charge in [0.2, 0.25) is 11.6 Å². The van der Waals surface area contributed by atoms with Crippen LogP contribution in [0.25, 0.3) is 0 Å². The van der Waals surface area contributed by atoms with Crippen molar-refractivity contribution in [3.63, 3.8) is 0 Å². The summed E-state index contributed by atoms with van der Waals surface area (Å²) < 4.78 is 26.4. The highest BCUT2D eigenvalue weighted by atomic mass is 79.9. The second-order valence-electron chi connectivity index (χ2n) is 10.7. The van der Waals surface area contributed by atoms with Crippen LogP contribution in [0.5, 0.6) is 0 Å². The molecule has 36 heavy (non-hydrogen) atoms. The highest BCUT2D eigenvalue weighted by molar-refractivity contribution is 9.12. The number of rotatable bonds is 7. The maximum Gasteiger partial charge on any atom is 0.261 e. The van der Waals surface area contributed by atoms with Gasteiger partial charge >= 0.3 is 0 Å². The van der Waals surface area contributed by atoms with Crippen LogP contribution in [0.3, 0.4) is 0 Å². The highest BCUT2D eigenvalue weighted by Crippen LogP contribution is 2.58. The number of epoxide rings is 1.